The minimum atomic E-state index is -2.68. The van der Waals surface area contributed by atoms with E-state index in [1.54, 1.807) is 0 Å². The molecule has 12 heavy (non-hydrogen) atoms. The first kappa shape index (κ1) is 9.05. The maximum absolute atomic E-state index is 12.0. The highest BCUT2D eigenvalue weighted by atomic mass is 19.3. The Kier molecular flexibility index (Phi) is 2.69. The maximum Gasteiger partial charge on any atom is 0.278 e. The number of hydrazone groups is 1. The standard InChI is InChI=1S/C6H8F2N2O2/c7-6(8)4-3-5(12)10(9-4)1-2-11/h6,11H,1-3H2. The number of aliphatic hydroxyl groups is 1. The molecular formula is C6H8F2N2O2. The van der Waals surface area contributed by atoms with Crippen LogP contribution in [0.5, 0.6) is 0 Å². The zero-order chi connectivity index (χ0) is 9.14. The van der Waals surface area contributed by atoms with Crippen LogP contribution < -0.4 is 0 Å². The van der Waals surface area contributed by atoms with Crippen molar-refractivity contribution in [3.05, 3.63) is 0 Å². The van der Waals surface area contributed by atoms with Crippen molar-refractivity contribution in [2.75, 3.05) is 13.2 Å². The fourth-order valence-corrected chi connectivity index (χ4v) is 0.883. The van der Waals surface area contributed by atoms with Crippen LogP contribution >= 0.6 is 0 Å². The first-order valence-electron chi connectivity index (χ1n) is 3.42. The van der Waals surface area contributed by atoms with Gasteiger partial charge in [-0.25, -0.2) is 13.8 Å². The van der Waals surface area contributed by atoms with Crippen molar-refractivity contribution in [3.63, 3.8) is 0 Å². The van der Waals surface area contributed by atoms with Crippen molar-refractivity contribution in [3.8, 4) is 0 Å². The molecule has 0 aliphatic carbocycles. The molecule has 0 atom stereocenters. The highest BCUT2D eigenvalue weighted by Crippen LogP contribution is 2.12. The summed E-state index contributed by atoms with van der Waals surface area (Å²) >= 11 is 0. The van der Waals surface area contributed by atoms with Crippen molar-refractivity contribution in [1.82, 2.24) is 5.01 Å². The second kappa shape index (κ2) is 3.57. The van der Waals surface area contributed by atoms with E-state index < -0.39 is 18.0 Å². The van der Waals surface area contributed by atoms with Crippen molar-refractivity contribution >= 4 is 11.6 Å². The van der Waals surface area contributed by atoms with Gasteiger partial charge >= 0.3 is 0 Å². The number of halogens is 2. The molecule has 0 unspecified atom stereocenters. The number of nitrogens with zero attached hydrogens (tertiary/aromatic N) is 2. The molecule has 0 spiro atoms. The van der Waals surface area contributed by atoms with Gasteiger partial charge in [-0.1, -0.05) is 0 Å². The number of β-amino-alcohol motifs (C(OH)–C–C–N with tert-alkyl or cyclic N) is 1. The lowest BCUT2D eigenvalue weighted by Gasteiger charge is -2.07. The van der Waals surface area contributed by atoms with Gasteiger partial charge in [0.1, 0.15) is 5.71 Å². The molecule has 1 rings (SSSR count). The fraction of sp³-hybridized carbons (Fsp3) is 0.667. The average molecular weight is 178 g/mol. The lowest BCUT2D eigenvalue weighted by atomic mass is 10.3. The molecule has 0 fully saturated rings. The predicted molar refractivity (Wildman–Crippen MR) is 36.9 cm³/mol. The molecule has 0 bridgehead atoms. The smallest absolute Gasteiger partial charge is 0.278 e. The van der Waals surface area contributed by atoms with Gasteiger partial charge in [0, 0.05) is 0 Å². The Morgan fingerprint density at radius 3 is 2.75 bits per heavy atom. The van der Waals surface area contributed by atoms with E-state index in [0.717, 1.165) is 5.01 Å². The molecule has 0 aromatic rings. The third-order valence-corrected chi connectivity index (χ3v) is 1.43. The largest absolute Gasteiger partial charge is 0.394 e. The van der Waals surface area contributed by atoms with E-state index >= 15 is 0 Å². The monoisotopic (exact) mass is 178 g/mol. The minimum Gasteiger partial charge on any atom is -0.394 e. The molecular weight excluding hydrogens is 170 g/mol. The molecule has 0 aromatic heterocycles. The van der Waals surface area contributed by atoms with E-state index in [0.29, 0.717) is 0 Å². The van der Waals surface area contributed by atoms with Gasteiger partial charge in [-0.15, -0.1) is 0 Å². The number of rotatable bonds is 3. The maximum atomic E-state index is 12.0. The van der Waals surface area contributed by atoms with Gasteiger partial charge in [0.2, 0.25) is 5.91 Å². The lowest BCUT2D eigenvalue weighted by molar-refractivity contribution is -0.129. The Hall–Kier alpha value is -1.04. The summed E-state index contributed by atoms with van der Waals surface area (Å²) in [6, 6.07) is 0. The molecule has 6 heteroatoms. The van der Waals surface area contributed by atoms with E-state index in [-0.39, 0.29) is 19.6 Å². The summed E-state index contributed by atoms with van der Waals surface area (Å²) in [6.45, 7) is -0.291. The van der Waals surface area contributed by atoms with Gasteiger partial charge in [0.15, 0.2) is 0 Å². The summed E-state index contributed by atoms with van der Waals surface area (Å²) in [5, 5.41) is 12.6. The Labute approximate surface area is 67.5 Å². The van der Waals surface area contributed by atoms with Crippen LogP contribution in [0.25, 0.3) is 0 Å². The van der Waals surface area contributed by atoms with Crippen LogP contribution in [0.1, 0.15) is 6.42 Å². The molecule has 1 N–H and O–H groups in total. The molecule has 1 amide bonds. The van der Waals surface area contributed by atoms with Gasteiger partial charge in [-0.05, 0) is 0 Å². The first-order valence-corrected chi connectivity index (χ1v) is 3.42. The van der Waals surface area contributed by atoms with Crippen LogP contribution in [0.15, 0.2) is 5.10 Å². The zero-order valence-electron chi connectivity index (χ0n) is 6.20. The van der Waals surface area contributed by atoms with Crippen molar-refractivity contribution in [2.24, 2.45) is 5.10 Å². The highest BCUT2D eigenvalue weighted by molar-refractivity contribution is 6.06. The molecule has 0 radical (unpaired) electrons. The van der Waals surface area contributed by atoms with Crippen LogP contribution in [0.4, 0.5) is 8.78 Å². The number of alkyl halides is 2. The first-order chi connectivity index (χ1) is 5.65. The molecule has 1 heterocycles. The molecule has 4 nitrogen and oxygen atoms in total. The van der Waals surface area contributed by atoms with E-state index in [2.05, 4.69) is 5.10 Å². The Bertz CT molecular complexity index is 218. The van der Waals surface area contributed by atoms with Crippen molar-refractivity contribution in [1.29, 1.82) is 0 Å². The van der Waals surface area contributed by atoms with Crippen LogP contribution in [-0.4, -0.2) is 41.3 Å². The van der Waals surface area contributed by atoms with Gasteiger partial charge in [-0.3, -0.25) is 4.79 Å². The molecule has 1 aliphatic rings. The van der Waals surface area contributed by atoms with Gasteiger partial charge < -0.3 is 5.11 Å². The molecule has 0 saturated carbocycles. The summed E-state index contributed by atoms with van der Waals surface area (Å²) in [5.74, 6) is -0.487. The predicted octanol–water partition coefficient (Wildman–Crippen LogP) is -0.168. The molecule has 68 valence electrons. The SMILES string of the molecule is O=C1CC(C(F)F)=NN1CCO. The second-order valence-corrected chi connectivity index (χ2v) is 2.31. The molecule has 0 aromatic carbocycles. The number of carbonyl (C=O) groups is 1. The number of carbonyl (C=O) groups excluding carboxylic acids is 1. The van der Waals surface area contributed by atoms with E-state index in [1.807, 2.05) is 0 Å². The summed E-state index contributed by atoms with van der Waals surface area (Å²) in [4.78, 5) is 10.8. The number of amides is 1. The Balaban J connectivity index is 2.60. The lowest BCUT2D eigenvalue weighted by Crippen LogP contribution is -2.23. The van der Waals surface area contributed by atoms with Gasteiger partial charge in [0.05, 0.1) is 19.6 Å². The average Bonchev–Trinajstić information content (AvgIpc) is 2.34. The van der Waals surface area contributed by atoms with E-state index in [9.17, 15) is 13.6 Å². The quantitative estimate of drug-likeness (QED) is 0.652. The number of aliphatic hydroxyl groups excluding tert-OH is 1. The topological polar surface area (TPSA) is 52.9 Å². The zero-order valence-corrected chi connectivity index (χ0v) is 6.20. The second-order valence-electron chi connectivity index (χ2n) is 2.31. The third kappa shape index (κ3) is 1.76. The summed E-state index contributed by atoms with van der Waals surface area (Å²) < 4.78 is 23.9. The minimum absolute atomic E-state index is 0.0188. The van der Waals surface area contributed by atoms with Crippen LogP contribution in [0.3, 0.4) is 0 Å². The van der Waals surface area contributed by atoms with Gasteiger partial charge in [-0.2, -0.15) is 5.10 Å². The summed E-state index contributed by atoms with van der Waals surface area (Å²) in [6.07, 6.45) is -3.02. The molecule has 0 saturated heterocycles. The Morgan fingerprint density at radius 1 is 1.67 bits per heavy atom. The van der Waals surface area contributed by atoms with Crippen LogP contribution in [-0.2, 0) is 4.79 Å². The highest BCUT2D eigenvalue weighted by Gasteiger charge is 2.28. The van der Waals surface area contributed by atoms with Crippen LogP contribution in [0, 0.1) is 0 Å². The summed E-state index contributed by atoms with van der Waals surface area (Å²) in [5.41, 5.74) is -0.423. The van der Waals surface area contributed by atoms with Gasteiger partial charge in [0.25, 0.3) is 6.43 Å². The number of hydrogen-bond acceptors (Lipinski definition) is 3. The van der Waals surface area contributed by atoms with E-state index in [1.165, 1.54) is 0 Å². The normalized spacial score (nSPS) is 17.5. The summed E-state index contributed by atoms with van der Waals surface area (Å²) in [7, 11) is 0. The van der Waals surface area contributed by atoms with Crippen LogP contribution in [0.2, 0.25) is 0 Å². The number of hydrogen-bond donors (Lipinski definition) is 1. The molecule has 1 aliphatic heterocycles. The van der Waals surface area contributed by atoms with Crippen molar-refractivity contribution in [2.45, 2.75) is 12.8 Å². The Morgan fingerprint density at radius 2 is 2.33 bits per heavy atom. The van der Waals surface area contributed by atoms with Crippen molar-refractivity contribution < 1.29 is 18.7 Å². The van der Waals surface area contributed by atoms with E-state index in [4.69, 9.17) is 5.11 Å². The fourth-order valence-electron chi connectivity index (χ4n) is 0.883. The third-order valence-electron chi connectivity index (χ3n) is 1.43.